The molecule has 0 aliphatic carbocycles. The number of nitrogens with one attached hydrogen (secondary N) is 1. The van der Waals surface area contributed by atoms with Gasteiger partial charge in [0.2, 0.25) is 5.91 Å². The van der Waals surface area contributed by atoms with Gasteiger partial charge in [0.25, 0.3) is 0 Å². The van der Waals surface area contributed by atoms with Gasteiger partial charge in [0.05, 0.1) is 17.9 Å². The van der Waals surface area contributed by atoms with Crippen molar-refractivity contribution >= 4 is 5.91 Å². The molecule has 5 heteroatoms. The van der Waals surface area contributed by atoms with Crippen LogP contribution in [0.15, 0.2) is 0 Å². The zero-order valence-corrected chi connectivity index (χ0v) is 15.3. The number of rotatable bonds is 5. The molecule has 1 N–H and O–H groups in total. The van der Waals surface area contributed by atoms with E-state index in [9.17, 15) is 4.79 Å². The lowest BCUT2D eigenvalue weighted by Crippen LogP contribution is -2.39. The first kappa shape index (κ1) is 18.0. The second kappa shape index (κ2) is 7.47. The van der Waals surface area contributed by atoms with E-state index in [1.807, 2.05) is 25.6 Å². The first-order chi connectivity index (χ1) is 10.8. The van der Waals surface area contributed by atoms with Gasteiger partial charge in [-0.2, -0.15) is 5.10 Å². The summed E-state index contributed by atoms with van der Waals surface area (Å²) in [6, 6.07) is 0. The van der Waals surface area contributed by atoms with Crippen LogP contribution < -0.4 is 5.32 Å². The number of aromatic nitrogens is 2. The van der Waals surface area contributed by atoms with Crippen molar-refractivity contribution in [1.29, 1.82) is 0 Å². The summed E-state index contributed by atoms with van der Waals surface area (Å²) in [7, 11) is 1.95. The summed E-state index contributed by atoms with van der Waals surface area (Å²) in [6.45, 7) is 11.0. The summed E-state index contributed by atoms with van der Waals surface area (Å²) in [5.74, 6) is 0.623. The Morgan fingerprint density at radius 3 is 2.48 bits per heavy atom. The lowest BCUT2D eigenvalue weighted by molar-refractivity contribution is -0.125. The Morgan fingerprint density at radius 1 is 1.35 bits per heavy atom. The number of amides is 1. The van der Waals surface area contributed by atoms with Crippen LogP contribution in [0.1, 0.15) is 50.6 Å². The molecule has 1 unspecified atom stereocenters. The molecule has 1 aromatic heterocycles. The van der Waals surface area contributed by atoms with Crippen molar-refractivity contribution in [2.24, 2.45) is 18.9 Å². The summed E-state index contributed by atoms with van der Waals surface area (Å²) >= 11 is 0. The van der Waals surface area contributed by atoms with Gasteiger partial charge in [-0.1, -0.05) is 6.92 Å². The van der Waals surface area contributed by atoms with Crippen molar-refractivity contribution in [2.45, 2.75) is 66.1 Å². The second-order valence-electron chi connectivity index (χ2n) is 7.22. The van der Waals surface area contributed by atoms with Crippen LogP contribution in [0.2, 0.25) is 0 Å². The molecule has 23 heavy (non-hydrogen) atoms. The van der Waals surface area contributed by atoms with Gasteiger partial charge in [0.1, 0.15) is 0 Å². The molecule has 1 aliphatic heterocycles. The van der Waals surface area contributed by atoms with Crippen LogP contribution in [-0.4, -0.2) is 34.4 Å². The molecule has 1 saturated heterocycles. The van der Waals surface area contributed by atoms with Gasteiger partial charge in [-0.3, -0.25) is 9.48 Å². The molecule has 2 heterocycles. The predicted molar refractivity (Wildman–Crippen MR) is 91.3 cm³/mol. The van der Waals surface area contributed by atoms with Crippen molar-refractivity contribution in [3.8, 4) is 0 Å². The molecule has 0 aromatic carbocycles. The quantitative estimate of drug-likeness (QED) is 0.907. The summed E-state index contributed by atoms with van der Waals surface area (Å²) in [5, 5.41) is 7.57. The van der Waals surface area contributed by atoms with E-state index in [2.05, 4.69) is 31.2 Å². The van der Waals surface area contributed by atoms with E-state index < -0.39 is 0 Å². The third-order valence-corrected chi connectivity index (χ3v) is 4.98. The minimum absolute atomic E-state index is 0.0358. The molecule has 0 radical (unpaired) electrons. The molecule has 1 aliphatic rings. The maximum atomic E-state index is 12.4. The van der Waals surface area contributed by atoms with E-state index in [-0.39, 0.29) is 11.8 Å². The lowest BCUT2D eigenvalue weighted by atomic mass is 9.92. The number of aryl methyl sites for hydroxylation is 2. The minimum Gasteiger partial charge on any atom is -0.376 e. The van der Waals surface area contributed by atoms with Crippen molar-refractivity contribution in [3.63, 3.8) is 0 Å². The maximum Gasteiger partial charge on any atom is 0.223 e. The van der Waals surface area contributed by atoms with Crippen molar-refractivity contribution in [2.75, 3.05) is 6.54 Å². The standard InChI is InChI=1S/C18H31N3O2/c1-11(7-17-14(4)20-21(6)15(17)5)18(22)19-10-16-8-12(2)23-13(3)9-16/h11-13,16H,7-10H2,1-6H3,(H,19,22)/t11-,12-,13+,16?/m0/s1. The normalized spacial score (nSPS) is 26.1. The van der Waals surface area contributed by atoms with Crippen LogP contribution >= 0.6 is 0 Å². The summed E-state index contributed by atoms with van der Waals surface area (Å²) in [4.78, 5) is 12.4. The fraction of sp³-hybridized carbons (Fsp3) is 0.778. The molecule has 1 fully saturated rings. The van der Waals surface area contributed by atoms with Gasteiger partial charge in [-0.05, 0) is 58.4 Å². The van der Waals surface area contributed by atoms with E-state index in [4.69, 9.17) is 4.74 Å². The zero-order chi connectivity index (χ0) is 17.1. The highest BCUT2D eigenvalue weighted by molar-refractivity contribution is 5.78. The van der Waals surface area contributed by atoms with Gasteiger partial charge in [0, 0.05) is 25.2 Å². The third-order valence-electron chi connectivity index (χ3n) is 4.98. The van der Waals surface area contributed by atoms with Crippen molar-refractivity contribution in [3.05, 3.63) is 17.0 Å². The van der Waals surface area contributed by atoms with Gasteiger partial charge in [0.15, 0.2) is 0 Å². The SMILES string of the molecule is Cc1nn(C)c(C)c1C[C@H](C)C(=O)NCC1C[C@@H](C)O[C@@H](C)C1. The molecule has 0 saturated carbocycles. The Balaban J connectivity index is 1.85. The van der Waals surface area contributed by atoms with Crippen LogP contribution in [0.4, 0.5) is 0 Å². The third kappa shape index (κ3) is 4.56. The second-order valence-corrected chi connectivity index (χ2v) is 7.22. The van der Waals surface area contributed by atoms with Crippen LogP contribution in [-0.2, 0) is 23.0 Å². The molecule has 2 rings (SSSR count). The number of ether oxygens (including phenoxy) is 1. The smallest absolute Gasteiger partial charge is 0.223 e. The molecule has 4 atom stereocenters. The molecule has 1 amide bonds. The first-order valence-electron chi connectivity index (χ1n) is 8.70. The van der Waals surface area contributed by atoms with Crippen molar-refractivity contribution < 1.29 is 9.53 Å². The highest BCUT2D eigenvalue weighted by atomic mass is 16.5. The average molecular weight is 321 g/mol. The molecule has 5 nitrogen and oxygen atoms in total. The topological polar surface area (TPSA) is 56.2 Å². The van der Waals surface area contributed by atoms with Gasteiger partial charge < -0.3 is 10.1 Å². The van der Waals surface area contributed by atoms with Crippen LogP contribution in [0.25, 0.3) is 0 Å². The molecule has 1 aromatic rings. The van der Waals surface area contributed by atoms with Gasteiger partial charge in [-0.15, -0.1) is 0 Å². The minimum atomic E-state index is -0.0358. The molecular formula is C18H31N3O2. The number of carbonyl (C=O) groups excluding carboxylic acids is 1. The Bertz CT molecular complexity index is 543. The van der Waals surface area contributed by atoms with Gasteiger partial charge in [-0.25, -0.2) is 0 Å². The number of carbonyl (C=O) groups is 1. The van der Waals surface area contributed by atoms with E-state index in [0.717, 1.165) is 37.2 Å². The van der Waals surface area contributed by atoms with E-state index in [1.54, 1.807) is 0 Å². The Kier molecular flexibility index (Phi) is 5.84. The number of hydrogen-bond acceptors (Lipinski definition) is 3. The molecule has 130 valence electrons. The number of hydrogen-bond donors (Lipinski definition) is 1. The van der Waals surface area contributed by atoms with E-state index in [1.165, 1.54) is 5.56 Å². The van der Waals surface area contributed by atoms with Gasteiger partial charge >= 0.3 is 0 Å². The highest BCUT2D eigenvalue weighted by Crippen LogP contribution is 2.24. The Hall–Kier alpha value is -1.36. The Morgan fingerprint density at radius 2 is 1.96 bits per heavy atom. The summed E-state index contributed by atoms with van der Waals surface area (Å²) < 4.78 is 7.65. The molecule has 0 bridgehead atoms. The largest absolute Gasteiger partial charge is 0.376 e. The lowest BCUT2D eigenvalue weighted by Gasteiger charge is -2.32. The summed E-state index contributed by atoms with van der Waals surface area (Å²) in [6.07, 6.45) is 3.38. The fourth-order valence-electron chi connectivity index (χ4n) is 3.64. The highest BCUT2D eigenvalue weighted by Gasteiger charge is 2.25. The summed E-state index contributed by atoms with van der Waals surface area (Å²) in [5.41, 5.74) is 3.37. The van der Waals surface area contributed by atoms with Crippen LogP contribution in [0.5, 0.6) is 0 Å². The van der Waals surface area contributed by atoms with Crippen molar-refractivity contribution in [1.82, 2.24) is 15.1 Å². The number of nitrogens with zero attached hydrogens (tertiary/aromatic N) is 2. The fourth-order valence-corrected chi connectivity index (χ4v) is 3.64. The maximum absolute atomic E-state index is 12.4. The Labute approximate surface area is 139 Å². The first-order valence-corrected chi connectivity index (χ1v) is 8.70. The van der Waals surface area contributed by atoms with E-state index >= 15 is 0 Å². The predicted octanol–water partition coefficient (Wildman–Crippen LogP) is 2.54. The zero-order valence-electron chi connectivity index (χ0n) is 15.3. The van der Waals surface area contributed by atoms with Crippen LogP contribution in [0, 0.1) is 25.7 Å². The monoisotopic (exact) mass is 321 g/mol. The molecular weight excluding hydrogens is 290 g/mol. The van der Waals surface area contributed by atoms with E-state index in [0.29, 0.717) is 18.1 Å². The molecule has 0 spiro atoms. The average Bonchev–Trinajstić information content (AvgIpc) is 2.70. The van der Waals surface area contributed by atoms with Crippen LogP contribution in [0.3, 0.4) is 0 Å².